The van der Waals surface area contributed by atoms with Gasteiger partial charge >= 0.3 is 5.97 Å². The van der Waals surface area contributed by atoms with Gasteiger partial charge in [0.2, 0.25) is 0 Å². The van der Waals surface area contributed by atoms with Crippen molar-refractivity contribution in [3.05, 3.63) is 27.7 Å². The van der Waals surface area contributed by atoms with Gasteiger partial charge in [-0.3, -0.25) is 0 Å². The number of rotatable bonds is 3. The van der Waals surface area contributed by atoms with Crippen molar-refractivity contribution in [1.29, 1.82) is 0 Å². The summed E-state index contributed by atoms with van der Waals surface area (Å²) in [6.07, 6.45) is -0.706. The molecule has 1 rings (SSSR count). The molecule has 5 heteroatoms. The smallest absolute Gasteiger partial charge is 0.347 e. The highest BCUT2D eigenvalue weighted by atomic mass is 79.9. The van der Waals surface area contributed by atoms with Gasteiger partial charge in [0.05, 0.1) is 5.02 Å². The number of hydrogen-bond donors (Lipinski definition) is 0. The predicted octanol–water partition coefficient (Wildman–Crippen LogP) is 4.21. The van der Waals surface area contributed by atoms with E-state index in [2.05, 4.69) is 15.9 Å². The van der Waals surface area contributed by atoms with E-state index in [0.717, 1.165) is 4.47 Å². The maximum atomic E-state index is 11.7. The summed E-state index contributed by atoms with van der Waals surface area (Å²) in [7, 11) is 0. The predicted molar refractivity (Wildman–Crippen MR) is 75.1 cm³/mol. The summed E-state index contributed by atoms with van der Waals surface area (Å²) >= 11 is 9.30. The molecule has 18 heavy (non-hydrogen) atoms. The minimum Gasteiger partial charge on any atom is -0.477 e. The third kappa shape index (κ3) is 4.86. The van der Waals surface area contributed by atoms with Crippen molar-refractivity contribution < 1.29 is 14.3 Å². The van der Waals surface area contributed by atoms with Crippen LogP contribution in [0.4, 0.5) is 0 Å². The number of carbonyl (C=O) groups is 1. The van der Waals surface area contributed by atoms with Crippen LogP contribution in [0, 0.1) is 0 Å². The zero-order chi connectivity index (χ0) is 13.9. The highest BCUT2D eigenvalue weighted by molar-refractivity contribution is 9.10. The summed E-state index contributed by atoms with van der Waals surface area (Å²) in [6, 6.07) is 5.20. The minimum atomic E-state index is -0.706. The molecule has 0 N–H and O–H groups in total. The first-order valence-corrected chi connectivity index (χ1v) is 6.71. The van der Waals surface area contributed by atoms with Crippen LogP contribution in [0.5, 0.6) is 5.75 Å². The molecule has 0 aliphatic rings. The molecule has 0 radical (unpaired) electrons. The Kier molecular flexibility index (Phi) is 5.05. The van der Waals surface area contributed by atoms with E-state index in [1.54, 1.807) is 25.1 Å². The number of carbonyl (C=O) groups excluding carboxylic acids is 1. The van der Waals surface area contributed by atoms with Crippen molar-refractivity contribution in [3.63, 3.8) is 0 Å². The monoisotopic (exact) mass is 334 g/mol. The second-order valence-corrected chi connectivity index (χ2v) is 6.19. The van der Waals surface area contributed by atoms with Crippen LogP contribution < -0.4 is 4.74 Å². The van der Waals surface area contributed by atoms with Crippen LogP contribution in [0.2, 0.25) is 5.02 Å². The van der Waals surface area contributed by atoms with Gasteiger partial charge in [-0.25, -0.2) is 4.79 Å². The van der Waals surface area contributed by atoms with E-state index in [1.807, 2.05) is 20.8 Å². The Labute approximate surface area is 121 Å². The van der Waals surface area contributed by atoms with Gasteiger partial charge < -0.3 is 9.47 Å². The van der Waals surface area contributed by atoms with Gasteiger partial charge in [-0.05, 0) is 45.9 Å². The Morgan fingerprint density at radius 3 is 2.50 bits per heavy atom. The molecule has 1 aromatic rings. The van der Waals surface area contributed by atoms with Crippen molar-refractivity contribution in [2.75, 3.05) is 0 Å². The Hall–Kier alpha value is -0.740. The van der Waals surface area contributed by atoms with Gasteiger partial charge in [-0.2, -0.15) is 0 Å². The van der Waals surface area contributed by atoms with Gasteiger partial charge in [-0.15, -0.1) is 0 Å². The third-order valence-corrected chi connectivity index (χ3v) is 2.72. The molecule has 3 nitrogen and oxygen atoms in total. The first-order chi connectivity index (χ1) is 8.19. The highest BCUT2D eigenvalue weighted by Gasteiger charge is 2.23. The Morgan fingerprint density at radius 1 is 1.39 bits per heavy atom. The largest absolute Gasteiger partial charge is 0.477 e. The fourth-order valence-corrected chi connectivity index (χ4v) is 1.91. The normalized spacial score (nSPS) is 13.0. The fraction of sp³-hybridized carbons (Fsp3) is 0.462. The molecule has 0 heterocycles. The zero-order valence-corrected chi connectivity index (χ0v) is 13.1. The second kappa shape index (κ2) is 5.93. The van der Waals surface area contributed by atoms with Crippen LogP contribution in [-0.4, -0.2) is 17.7 Å². The highest BCUT2D eigenvalue weighted by Crippen LogP contribution is 2.28. The maximum Gasteiger partial charge on any atom is 0.347 e. The summed E-state index contributed by atoms with van der Waals surface area (Å²) < 4.78 is 11.6. The summed E-state index contributed by atoms with van der Waals surface area (Å²) in [5.74, 6) is 0.0414. The minimum absolute atomic E-state index is 0.415. The molecule has 0 aromatic heterocycles. The topological polar surface area (TPSA) is 35.5 Å². The molecule has 0 amide bonds. The van der Waals surface area contributed by atoms with Crippen LogP contribution in [0.15, 0.2) is 22.7 Å². The standard InChI is InChI=1S/C13H16BrClO3/c1-8(12(16)18-13(2,3)4)17-11-6-5-9(14)7-10(11)15/h5-8H,1-4H3. The van der Waals surface area contributed by atoms with E-state index in [9.17, 15) is 4.79 Å². The molecule has 1 unspecified atom stereocenters. The van der Waals surface area contributed by atoms with Crippen LogP contribution in [0.1, 0.15) is 27.7 Å². The summed E-state index contributed by atoms with van der Waals surface area (Å²) in [4.78, 5) is 11.7. The van der Waals surface area contributed by atoms with Gasteiger partial charge in [-0.1, -0.05) is 27.5 Å². The van der Waals surface area contributed by atoms with Crippen molar-refractivity contribution in [3.8, 4) is 5.75 Å². The van der Waals surface area contributed by atoms with E-state index in [0.29, 0.717) is 10.8 Å². The van der Waals surface area contributed by atoms with Gasteiger partial charge in [0.25, 0.3) is 0 Å². The average Bonchev–Trinajstić information content (AvgIpc) is 2.19. The van der Waals surface area contributed by atoms with Crippen molar-refractivity contribution in [1.82, 2.24) is 0 Å². The average molecular weight is 336 g/mol. The van der Waals surface area contributed by atoms with Crippen molar-refractivity contribution >= 4 is 33.5 Å². The molecular weight excluding hydrogens is 319 g/mol. The van der Waals surface area contributed by atoms with Crippen molar-refractivity contribution in [2.45, 2.75) is 39.4 Å². The molecule has 1 atom stereocenters. The van der Waals surface area contributed by atoms with E-state index >= 15 is 0 Å². The summed E-state index contributed by atoms with van der Waals surface area (Å²) in [6.45, 7) is 7.06. The summed E-state index contributed by atoms with van der Waals surface area (Å²) in [5, 5.41) is 0.444. The first-order valence-electron chi connectivity index (χ1n) is 5.53. The molecule has 0 aliphatic heterocycles. The third-order valence-electron chi connectivity index (χ3n) is 1.94. The molecular formula is C13H16BrClO3. The Morgan fingerprint density at radius 2 is 2.00 bits per heavy atom. The number of halogens is 2. The molecule has 100 valence electrons. The zero-order valence-electron chi connectivity index (χ0n) is 10.8. The first kappa shape index (κ1) is 15.3. The molecule has 0 saturated carbocycles. The number of ether oxygens (including phenoxy) is 2. The van der Waals surface area contributed by atoms with E-state index in [1.165, 1.54) is 0 Å². The van der Waals surface area contributed by atoms with Gasteiger partial charge in [0, 0.05) is 4.47 Å². The molecule has 0 bridgehead atoms. The van der Waals surface area contributed by atoms with E-state index in [-0.39, 0.29) is 0 Å². The van der Waals surface area contributed by atoms with Crippen LogP contribution in [-0.2, 0) is 9.53 Å². The lowest BCUT2D eigenvalue weighted by molar-refractivity contribution is -0.162. The van der Waals surface area contributed by atoms with Crippen LogP contribution in [0.25, 0.3) is 0 Å². The SMILES string of the molecule is CC(Oc1ccc(Br)cc1Cl)C(=O)OC(C)(C)C. The second-order valence-electron chi connectivity index (χ2n) is 4.87. The molecule has 0 saturated heterocycles. The molecule has 0 spiro atoms. The maximum absolute atomic E-state index is 11.7. The number of benzene rings is 1. The van der Waals surface area contributed by atoms with Gasteiger partial charge in [0.15, 0.2) is 6.10 Å². The van der Waals surface area contributed by atoms with E-state index in [4.69, 9.17) is 21.1 Å². The number of esters is 1. The molecule has 0 fully saturated rings. The fourth-order valence-electron chi connectivity index (χ4n) is 1.19. The van der Waals surface area contributed by atoms with Crippen molar-refractivity contribution in [2.24, 2.45) is 0 Å². The quantitative estimate of drug-likeness (QED) is 0.776. The Bertz CT molecular complexity index is 440. The number of hydrogen-bond acceptors (Lipinski definition) is 3. The summed E-state index contributed by atoms with van der Waals surface area (Å²) in [5.41, 5.74) is -0.530. The molecule has 1 aromatic carbocycles. The lowest BCUT2D eigenvalue weighted by Gasteiger charge is -2.22. The van der Waals surface area contributed by atoms with Gasteiger partial charge in [0.1, 0.15) is 11.4 Å². The Balaban J connectivity index is 2.69. The lowest BCUT2D eigenvalue weighted by atomic mass is 10.2. The van der Waals surface area contributed by atoms with Crippen LogP contribution >= 0.6 is 27.5 Å². The van der Waals surface area contributed by atoms with Crippen LogP contribution in [0.3, 0.4) is 0 Å². The lowest BCUT2D eigenvalue weighted by Crippen LogP contribution is -2.33. The molecule has 0 aliphatic carbocycles. The van der Waals surface area contributed by atoms with E-state index < -0.39 is 17.7 Å².